The van der Waals surface area contributed by atoms with Gasteiger partial charge in [0.25, 0.3) is 0 Å². The molecule has 0 atom stereocenters. The van der Waals surface area contributed by atoms with Gasteiger partial charge in [-0.3, -0.25) is 0 Å². The number of rotatable bonds is 1. The fourth-order valence-corrected chi connectivity index (χ4v) is 11.6. The van der Waals surface area contributed by atoms with Crippen molar-refractivity contribution in [2.24, 2.45) is 0 Å². The van der Waals surface area contributed by atoms with Crippen LogP contribution >= 0.6 is 0 Å². The Hall–Kier alpha value is -5.54. The Kier molecular flexibility index (Phi) is 6.10. The molecule has 56 heavy (non-hydrogen) atoms. The van der Waals surface area contributed by atoms with Crippen molar-refractivity contribution < 1.29 is 0 Å². The second-order valence-electron chi connectivity index (χ2n) is 19.3. The predicted octanol–water partition coefficient (Wildman–Crippen LogP) is 12.4. The highest BCUT2D eigenvalue weighted by molar-refractivity contribution is 6.94. The molecule has 2 aliphatic heterocycles. The highest BCUT2D eigenvalue weighted by Gasteiger charge is 2.48. The summed E-state index contributed by atoms with van der Waals surface area (Å²) in [5.41, 5.74) is 23.5. The molecular formula is C53H47BN2. The van der Waals surface area contributed by atoms with Gasteiger partial charge in [-0.25, -0.2) is 0 Å². The van der Waals surface area contributed by atoms with E-state index < -0.39 is 0 Å². The van der Waals surface area contributed by atoms with Crippen molar-refractivity contribution in [2.45, 2.75) is 84.5 Å². The van der Waals surface area contributed by atoms with E-state index in [1.807, 2.05) is 0 Å². The molecule has 0 N–H and O–H groups in total. The number of fused-ring (bicyclic) bond motifs is 15. The van der Waals surface area contributed by atoms with E-state index in [-0.39, 0.29) is 23.1 Å². The van der Waals surface area contributed by atoms with E-state index in [2.05, 4.69) is 180 Å². The standard InChI is InChI=1S/C53H47BN2/c1-30-17-20-32(21-18-30)56-46-28-37-36-26-41-42(52(5,6)24-23-51(41,3)4)29-40(36)53(7,8)39(37)27-38(46)47-33-13-9-10-14-34(33)48-35-15-11-12-16-44(35)55-45-22-19-31(2)25-43(45)54(56)49(47)50(48)55/h9-22,25-29H,23-24H2,1-8H3. The van der Waals surface area contributed by atoms with Crippen molar-refractivity contribution in [3.8, 4) is 27.9 Å². The van der Waals surface area contributed by atoms with Crippen molar-refractivity contribution in [3.63, 3.8) is 0 Å². The van der Waals surface area contributed by atoms with E-state index in [9.17, 15) is 0 Å². The van der Waals surface area contributed by atoms with Crippen LogP contribution in [0.4, 0.5) is 11.4 Å². The van der Waals surface area contributed by atoms with Crippen LogP contribution in [0.1, 0.15) is 87.8 Å². The van der Waals surface area contributed by atoms with Crippen LogP contribution in [-0.4, -0.2) is 11.4 Å². The van der Waals surface area contributed by atoms with Gasteiger partial charge >= 0.3 is 6.85 Å². The number of para-hydroxylation sites is 1. The van der Waals surface area contributed by atoms with Gasteiger partial charge in [0.1, 0.15) is 0 Å². The largest absolute Gasteiger partial charge is 0.376 e. The maximum absolute atomic E-state index is 2.71. The third-order valence-electron chi connectivity index (χ3n) is 14.7. The first-order valence-electron chi connectivity index (χ1n) is 20.7. The average molecular weight is 723 g/mol. The molecule has 0 radical (unpaired) electrons. The molecule has 0 bridgehead atoms. The van der Waals surface area contributed by atoms with Gasteiger partial charge in [-0.05, 0) is 141 Å². The highest BCUT2D eigenvalue weighted by Crippen LogP contribution is 2.58. The van der Waals surface area contributed by atoms with Crippen LogP contribution in [0.25, 0.3) is 60.5 Å². The van der Waals surface area contributed by atoms with E-state index in [1.165, 1.54) is 123 Å². The number of aryl methyl sites for hydroxylation is 2. The minimum absolute atomic E-state index is 0.00535. The monoisotopic (exact) mass is 722 g/mol. The average Bonchev–Trinajstić information content (AvgIpc) is 3.64. The summed E-state index contributed by atoms with van der Waals surface area (Å²) in [6.07, 6.45) is 2.43. The number of hydrogen-bond acceptors (Lipinski definition) is 1. The first kappa shape index (κ1) is 32.7. The lowest BCUT2D eigenvalue weighted by Crippen LogP contribution is -2.60. The molecule has 12 rings (SSSR count). The van der Waals surface area contributed by atoms with Gasteiger partial charge < -0.3 is 9.38 Å². The topological polar surface area (TPSA) is 8.17 Å². The second-order valence-corrected chi connectivity index (χ2v) is 19.3. The zero-order valence-corrected chi connectivity index (χ0v) is 33.9. The lowest BCUT2D eigenvalue weighted by molar-refractivity contribution is 0.331. The normalized spacial score (nSPS) is 17.5. The van der Waals surface area contributed by atoms with Crippen LogP contribution in [-0.2, 0) is 16.2 Å². The molecule has 8 aromatic rings. The van der Waals surface area contributed by atoms with E-state index in [4.69, 9.17) is 0 Å². The number of hydrogen-bond donors (Lipinski definition) is 0. The Balaban J connectivity index is 1.27. The molecule has 0 fully saturated rings. The molecule has 2 nitrogen and oxygen atoms in total. The molecule has 0 unspecified atom stereocenters. The van der Waals surface area contributed by atoms with Crippen molar-refractivity contribution in [3.05, 3.63) is 149 Å². The van der Waals surface area contributed by atoms with Crippen LogP contribution in [0.2, 0.25) is 0 Å². The maximum Gasteiger partial charge on any atom is 0.333 e. The molecule has 3 heterocycles. The SMILES string of the molecule is Cc1ccc(N2B3c4cc(C)ccc4-n4c5ccccc5c5c6ccccc6c(c3c54)-c3cc4c(cc32)-c2cc3c(cc2C4(C)C)C(C)(C)CCC3(C)C)cc1. The molecule has 0 amide bonds. The van der Waals surface area contributed by atoms with Crippen LogP contribution in [0.15, 0.2) is 115 Å². The predicted molar refractivity (Wildman–Crippen MR) is 240 cm³/mol. The molecule has 7 aromatic carbocycles. The molecule has 1 aromatic heterocycles. The summed E-state index contributed by atoms with van der Waals surface area (Å²) < 4.78 is 2.60. The maximum atomic E-state index is 2.71. The number of anilines is 2. The Bertz CT molecular complexity index is 3080. The number of benzene rings is 7. The van der Waals surface area contributed by atoms with Crippen LogP contribution in [0, 0.1) is 13.8 Å². The fourth-order valence-electron chi connectivity index (χ4n) is 11.6. The summed E-state index contributed by atoms with van der Waals surface area (Å²) in [4.78, 5) is 2.71. The minimum atomic E-state index is -0.145. The zero-order chi connectivity index (χ0) is 38.2. The van der Waals surface area contributed by atoms with Crippen LogP contribution in [0.3, 0.4) is 0 Å². The molecule has 0 saturated heterocycles. The summed E-state index contributed by atoms with van der Waals surface area (Å²) in [5, 5.41) is 5.36. The molecule has 0 spiro atoms. The minimum Gasteiger partial charge on any atom is -0.376 e. The van der Waals surface area contributed by atoms with Crippen molar-refractivity contribution in [1.29, 1.82) is 0 Å². The summed E-state index contributed by atoms with van der Waals surface area (Å²) >= 11 is 0. The number of aromatic nitrogens is 1. The molecule has 2 aliphatic carbocycles. The van der Waals surface area contributed by atoms with Gasteiger partial charge in [-0.2, -0.15) is 0 Å². The quantitative estimate of drug-likeness (QED) is 0.153. The van der Waals surface area contributed by atoms with Crippen molar-refractivity contribution >= 4 is 61.7 Å². The highest BCUT2D eigenvalue weighted by atomic mass is 15.1. The Morgan fingerprint density at radius 2 is 1.14 bits per heavy atom. The van der Waals surface area contributed by atoms with Gasteiger partial charge in [-0.15, -0.1) is 0 Å². The third kappa shape index (κ3) is 3.94. The third-order valence-corrected chi connectivity index (χ3v) is 14.7. The Labute approximate surface area is 330 Å². The molecule has 0 saturated carbocycles. The Morgan fingerprint density at radius 1 is 0.536 bits per heavy atom. The summed E-state index contributed by atoms with van der Waals surface area (Å²) in [7, 11) is 0. The van der Waals surface area contributed by atoms with Gasteiger partial charge in [0.2, 0.25) is 0 Å². The Morgan fingerprint density at radius 3 is 1.89 bits per heavy atom. The van der Waals surface area contributed by atoms with Gasteiger partial charge in [0.05, 0.1) is 11.0 Å². The van der Waals surface area contributed by atoms with Crippen molar-refractivity contribution in [2.75, 3.05) is 4.81 Å². The lowest BCUT2D eigenvalue weighted by atomic mass is 9.43. The van der Waals surface area contributed by atoms with Gasteiger partial charge in [0, 0.05) is 38.8 Å². The van der Waals surface area contributed by atoms with E-state index in [1.54, 1.807) is 5.56 Å². The fraction of sp³-hybridized carbons (Fsp3) is 0.245. The summed E-state index contributed by atoms with van der Waals surface area (Å²) in [6, 6.07) is 45.2. The first-order chi connectivity index (χ1) is 26.8. The molecular weight excluding hydrogens is 675 g/mol. The number of nitrogens with zero attached hydrogens (tertiary/aromatic N) is 2. The van der Waals surface area contributed by atoms with Crippen LogP contribution in [0.5, 0.6) is 0 Å². The summed E-state index contributed by atoms with van der Waals surface area (Å²) in [6.45, 7) is 19.2. The van der Waals surface area contributed by atoms with E-state index >= 15 is 0 Å². The van der Waals surface area contributed by atoms with Crippen LogP contribution < -0.4 is 15.7 Å². The van der Waals surface area contributed by atoms with Gasteiger partial charge in [0.15, 0.2) is 0 Å². The summed E-state index contributed by atoms with van der Waals surface area (Å²) in [5.74, 6) is 0. The van der Waals surface area contributed by atoms with E-state index in [0.29, 0.717) is 0 Å². The second kappa shape index (κ2) is 10.4. The smallest absolute Gasteiger partial charge is 0.333 e. The molecule has 4 aliphatic rings. The first-order valence-corrected chi connectivity index (χ1v) is 20.7. The zero-order valence-electron chi connectivity index (χ0n) is 33.9. The van der Waals surface area contributed by atoms with Crippen molar-refractivity contribution in [1.82, 2.24) is 4.57 Å². The molecule has 3 heteroatoms. The molecule has 272 valence electrons. The lowest BCUT2D eigenvalue weighted by Gasteiger charge is -2.43. The van der Waals surface area contributed by atoms with Gasteiger partial charge in [-0.1, -0.05) is 125 Å². The van der Waals surface area contributed by atoms with E-state index in [0.717, 1.165) is 0 Å².